The number of aromatic nitrogens is 2. The van der Waals surface area contributed by atoms with E-state index in [1.165, 1.54) is 0 Å². The molecule has 1 aliphatic rings. The van der Waals surface area contributed by atoms with Gasteiger partial charge in [0.05, 0.1) is 5.92 Å². The zero-order chi connectivity index (χ0) is 14.5. The molecule has 5 N–H and O–H groups in total. The lowest BCUT2D eigenvalue weighted by atomic mass is 9.97. The summed E-state index contributed by atoms with van der Waals surface area (Å²) < 4.78 is 5.04. The number of piperidine rings is 1. The highest BCUT2D eigenvalue weighted by atomic mass is 16.5. The second kappa shape index (κ2) is 6.49. The Kier molecular flexibility index (Phi) is 4.70. The average molecular weight is 280 g/mol. The van der Waals surface area contributed by atoms with Crippen LogP contribution in [0.2, 0.25) is 0 Å². The van der Waals surface area contributed by atoms with Crippen LogP contribution in [0, 0.1) is 5.92 Å². The Morgan fingerprint density at radius 3 is 3.05 bits per heavy atom. The molecule has 0 spiro atoms. The van der Waals surface area contributed by atoms with Crippen molar-refractivity contribution in [2.24, 2.45) is 17.5 Å². The normalized spacial score (nSPS) is 18.9. The molecule has 2 heterocycles. The van der Waals surface area contributed by atoms with E-state index < -0.39 is 0 Å². The number of nitrogens with one attached hydrogen (secondary N) is 1. The molecule has 0 saturated carbocycles. The summed E-state index contributed by atoms with van der Waals surface area (Å²) in [5.41, 5.74) is 7.90. The number of nitrogens with two attached hydrogens (primary N) is 2. The molecule has 110 valence electrons. The van der Waals surface area contributed by atoms with E-state index in [-0.39, 0.29) is 11.8 Å². The van der Waals surface area contributed by atoms with E-state index in [0.717, 1.165) is 25.2 Å². The molecule has 1 unspecified atom stereocenters. The Bertz CT molecular complexity index is 481. The fourth-order valence-electron chi connectivity index (χ4n) is 2.33. The first-order chi connectivity index (χ1) is 9.63. The maximum atomic E-state index is 11.3. The van der Waals surface area contributed by atoms with Crippen molar-refractivity contribution in [3.05, 3.63) is 11.9 Å². The number of methoxy groups -OCH3 is 1. The monoisotopic (exact) mass is 280 g/mol. The first-order valence-corrected chi connectivity index (χ1v) is 6.51. The number of anilines is 2. The molecular weight excluding hydrogens is 260 g/mol. The van der Waals surface area contributed by atoms with Gasteiger partial charge in [0.25, 0.3) is 0 Å². The van der Waals surface area contributed by atoms with Crippen LogP contribution in [0.4, 0.5) is 11.6 Å². The van der Waals surface area contributed by atoms with E-state index in [2.05, 4.69) is 15.4 Å². The van der Waals surface area contributed by atoms with Crippen LogP contribution in [-0.2, 0) is 16.1 Å². The molecular formula is C12H20N6O2. The number of ether oxygens (including phenoxy) is 1. The van der Waals surface area contributed by atoms with Crippen molar-refractivity contribution in [3.8, 4) is 0 Å². The first kappa shape index (κ1) is 14.5. The van der Waals surface area contributed by atoms with Crippen molar-refractivity contribution in [1.29, 1.82) is 0 Å². The van der Waals surface area contributed by atoms with Gasteiger partial charge in [-0.2, -0.15) is 0 Å². The number of hydrogen-bond donors (Lipinski definition) is 3. The Morgan fingerprint density at radius 1 is 1.60 bits per heavy atom. The van der Waals surface area contributed by atoms with Gasteiger partial charge in [-0.1, -0.05) is 0 Å². The van der Waals surface area contributed by atoms with Gasteiger partial charge >= 0.3 is 0 Å². The summed E-state index contributed by atoms with van der Waals surface area (Å²) in [6.07, 6.45) is 1.73. The van der Waals surface area contributed by atoms with Gasteiger partial charge in [0.2, 0.25) is 5.91 Å². The van der Waals surface area contributed by atoms with Crippen molar-refractivity contribution in [2.45, 2.75) is 19.4 Å². The average Bonchev–Trinajstić information content (AvgIpc) is 2.47. The van der Waals surface area contributed by atoms with Crippen molar-refractivity contribution >= 4 is 17.5 Å². The Labute approximate surface area is 117 Å². The third-order valence-corrected chi connectivity index (χ3v) is 3.33. The molecule has 1 aromatic heterocycles. The molecule has 1 fully saturated rings. The summed E-state index contributed by atoms with van der Waals surface area (Å²) in [6, 6.07) is 1.75. The highest BCUT2D eigenvalue weighted by Crippen LogP contribution is 2.23. The largest absolute Gasteiger partial charge is 0.377 e. The number of hydrazine groups is 1. The summed E-state index contributed by atoms with van der Waals surface area (Å²) in [7, 11) is 1.58. The molecule has 1 saturated heterocycles. The molecule has 2 rings (SSSR count). The minimum Gasteiger partial charge on any atom is -0.377 e. The molecule has 0 radical (unpaired) electrons. The summed E-state index contributed by atoms with van der Waals surface area (Å²) >= 11 is 0. The van der Waals surface area contributed by atoms with Gasteiger partial charge < -0.3 is 20.8 Å². The molecule has 0 aromatic carbocycles. The number of primary amides is 1. The number of amides is 1. The van der Waals surface area contributed by atoms with Gasteiger partial charge in [-0.3, -0.25) is 4.79 Å². The van der Waals surface area contributed by atoms with Crippen molar-refractivity contribution < 1.29 is 9.53 Å². The van der Waals surface area contributed by atoms with Crippen LogP contribution < -0.4 is 21.9 Å². The summed E-state index contributed by atoms with van der Waals surface area (Å²) in [5, 5.41) is 0. The second-order valence-electron chi connectivity index (χ2n) is 4.79. The fraction of sp³-hybridized carbons (Fsp3) is 0.583. The molecule has 8 nitrogen and oxygen atoms in total. The number of hydrogen-bond acceptors (Lipinski definition) is 7. The molecule has 1 amide bonds. The number of carbonyl (C=O) groups is 1. The third kappa shape index (κ3) is 3.34. The zero-order valence-electron chi connectivity index (χ0n) is 11.5. The van der Waals surface area contributed by atoms with Crippen LogP contribution in [-0.4, -0.2) is 36.1 Å². The third-order valence-electron chi connectivity index (χ3n) is 3.33. The Morgan fingerprint density at radius 2 is 2.40 bits per heavy atom. The zero-order valence-corrected chi connectivity index (χ0v) is 11.5. The Balaban J connectivity index is 2.21. The van der Waals surface area contributed by atoms with Crippen LogP contribution in [0.1, 0.15) is 18.7 Å². The SMILES string of the molecule is COCc1nc(NN)cc(N2CCCC(C(N)=O)C2)n1. The molecule has 8 heteroatoms. The standard InChI is InChI=1S/C12H20N6O2/c1-20-7-10-15-9(17-14)5-11(16-10)18-4-2-3-8(6-18)12(13)19/h5,8H,2-4,6-7,14H2,1H3,(H2,13,19)(H,15,16,17). The van der Waals surface area contributed by atoms with Crippen molar-refractivity contribution in [3.63, 3.8) is 0 Å². The topological polar surface area (TPSA) is 119 Å². The second-order valence-corrected chi connectivity index (χ2v) is 4.79. The van der Waals surface area contributed by atoms with Crippen LogP contribution >= 0.6 is 0 Å². The van der Waals surface area contributed by atoms with Gasteiger partial charge in [-0.05, 0) is 12.8 Å². The minimum atomic E-state index is -0.266. The van der Waals surface area contributed by atoms with E-state index in [4.69, 9.17) is 16.3 Å². The van der Waals surface area contributed by atoms with E-state index in [1.54, 1.807) is 13.2 Å². The summed E-state index contributed by atoms with van der Waals surface area (Å²) in [6.45, 7) is 1.70. The van der Waals surface area contributed by atoms with Crippen LogP contribution in [0.15, 0.2) is 6.07 Å². The van der Waals surface area contributed by atoms with E-state index in [0.29, 0.717) is 24.8 Å². The number of carbonyl (C=O) groups excluding carboxylic acids is 1. The maximum absolute atomic E-state index is 11.3. The molecule has 1 aliphatic heterocycles. The molecule has 1 aromatic rings. The number of rotatable bonds is 5. The number of nitrogen functional groups attached to an aromatic ring is 1. The molecule has 0 bridgehead atoms. The lowest BCUT2D eigenvalue weighted by molar-refractivity contribution is -0.122. The van der Waals surface area contributed by atoms with E-state index in [1.807, 2.05) is 4.90 Å². The first-order valence-electron chi connectivity index (χ1n) is 6.51. The van der Waals surface area contributed by atoms with Gasteiger partial charge in [0, 0.05) is 26.3 Å². The predicted molar refractivity (Wildman–Crippen MR) is 74.7 cm³/mol. The van der Waals surface area contributed by atoms with E-state index in [9.17, 15) is 4.79 Å². The maximum Gasteiger partial charge on any atom is 0.222 e. The van der Waals surface area contributed by atoms with E-state index >= 15 is 0 Å². The Hall–Kier alpha value is -1.93. The van der Waals surface area contributed by atoms with Gasteiger partial charge in [-0.25, -0.2) is 15.8 Å². The smallest absolute Gasteiger partial charge is 0.222 e. The van der Waals surface area contributed by atoms with Crippen LogP contribution in [0.5, 0.6) is 0 Å². The number of nitrogens with zero attached hydrogens (tertiary/aromatic N) is 3. The summed E-state index contributed by atoms with van der Waals surface area (Å²) in [5.74, 6) is 6.79. The van der Waals surface area contributed by atoms with Crippen molar-refractivity contribution in [2.75, 3.05) is 30.5 Å². The van der Waals surface area contributed by atoms with Gasteiger partial charge in [0.15, 0.2) is 5.82 Å². The fourth-order valence-corrected chi connectivity index (χ4v) is 2.33. The lowest BCUT2D eigenvalue weighted by Gasteiger charge is -2.32. The van der Waals surface area contributed by atoms with Gasteiger partial charge in [0.1, 0.15) is 18.2 Å². The highest BCUT2D eigenvalue weighted by molar-refractivity contribution is 5.77. The predicted octanol–water partition coefficient (Wildman–Crippen LogP) is -0.390. The summed E-state index contributed by atoms with van der Waals surface area (Å²) in [4.78, 5) is 22.0. The van der Waals surface area contributed by atoms with Crippen LogP contribution in [0.3, 0.4) is 0 Å². The molecule has 1 atom stereocenters. The lowest BCUT2D eigenvalue weighted by Crippen LogP contribution is -2.41. The van der Waals surface area contributed by atoms with Crippen molar-refractivity contribution in [1.82, 2.24) is 9.97 Å². The quantitative estimate of drug-likeness (QED) is 0.496. The van der Waals surface area contributed by atoms with Crippen LogP contribution in [0.25, 0.3) is 0 Å². The molecule has 0 aliphatic carbocycles. The highest BCUT2D eigenvalue weighted by Gasteiger charge is 2.25. The van der Waals surface area contributed by atoms with Gasteiger partial charge in [-0.15, -0.1) is 0 Å². The minimum absolute atomic E-state index is 0.140. The molecule has 20 heavy (non-hydrogen) atoms.